The first-order chi connectivity index (χ1) is 6.70. The van der Waals surface area contributed by atoms with Crippen LogP contribution in [0.2, 0.25) is 0 Å². The summed E-state index contributed by atoms with van der Waals surface area (Å²) in [5.74, 6) is 0.582. The second kappa shape index (κ2) is 3.26. The Morgan fingerprint density at radius 2 is 2.57 bits per heavy atom. The third kappa shape index (κ3) is 1.67. The number of H-pyrrole nitrogens is 1. The summed E-state index contributed by atoms with van der Waals surface area (Å²) in [4.78, 5) is 13.8. The summed E-state index contributed by atoms with van der Waals surface area (Å²) < 4.78 is 1.43. The van der Waals surface area contributed by atoms with Gasteiger partial charge in [-0.2, -0.15) is 14.3 Å². The van der Waals surface area contributed by atoms with Crippen LogP contribution in [-0.2, 0) is 0 Å². The Labute approximate surface area is 80.5 Å². The molecule has 1 aliphatic carbocycles. The highest BCUT2D eigenvalue weighted by Gasteiger charge is 2.30. The number of aliphatic hydroxyl groups is 1. The van der Waals surface area contributed by atoms with Crippen LogP contribution in [0.25, 0.3) is 6.20 Å². The van der Waals surface area contributed by atoms with Crippen LogP contribution in [-0.4, -0.2) is 16.7 Å². The van der Waals surface area contributed by atoms with Crippen LogP contribution < -0.4 is 16.0 Å². The molecule has 1 fully saturated rings. The number of nitrogens with zero attached hydrogens (tertiary/aromatic N) is 1. The van der Waals surface area contributed by atoms with E-state index in [1.54, 1.807) is 18.5 Å². The number of rotatable bonds is 2. The first kappa shape index (κ1) is 8.96. The molecule has 1 unspecified atom stereocenters. The number of aromatic amines is 1. The van der Waals surface area contributed by atoms with E-state index in [0.717, 1.165) is 12.0 Å². The van der Waals surface area contributed by atoms with Crippen LogP contribution in [0.15, 0.2) is 22.6 Å². The molecule has 0 aliphatic heterocycles. The summed E-state index contributed by atoms with van der Waals surface area (Å²) in [6, 6.07) is 1.62. The van der Waals surface area contributed by atoms with Crippen LogP contribution in [0.5, 0.6) is 0 Å². The highest BCUT2D eigenvalue weighted by molar-refractivity contribution is 5.35. The molecule has 5 heteroatoms. The Bertz CT molecular complexity index is 436. The Morgan fingerprint density at radius 1 is 1.79 bits per heavy atom. The van der Waals surface area contributed by atoms with E-state index in [2.05, 4.69) is 4.98 Å². The summed E-state index contributed by atoms with van der Waals surface area (Å²) in [6.07, 6.45) is 4.21. The van der Waals surface area contributed by atoms with E-state index in [1.165, 1.54) is 4.57 Å². The Morgan fingerprint density at radius 3 is 3.14 bits per heavy atom. The van der Waals surface area contributed by atoms with E-state index < -0.39 is 0 Å². The third-order valence-corrected chi connectivity index (χ3v) is 2.27. The standard InChI is InChI=1S/C9H11N3O2/c10-8-1-2-12(9(14)11-8)4-6-3-7(6)5-13/h1-2,4,7,13H,3,5H2,(H2,10,11,14)/p+1/b6-4-. The summed E-state index contributed by atoms with van der Waals surface area (Å²) >= 11 is 0. The smallest absolute Gasteiger partial charge is 0.396 e. The second-order valence-corrected chi connectivity index (χ2v) is 3.40. The predicted octanol–water partition coefficient (Wildman–Crippen LogP) is -0.902. The number of aromatic nitrogens is 2. The van der Waals surface area contributed by atoms with Gasteiger partial charge in [-0.1, -0.05) is 0 Å². The zero-order valence-electron chi connectivity index (χ0n) is 7.60. The lowest BCUT2D eigenvalue weighted by Crippen LogP contribution is -2.46. The maximum atomic E-state index is 11.3. The number of nitrogen functional groups attached to an aromatic ring is 1. The summed E-state index contributed by atoms with van der Waals surface area (Å²) in [7, 11) is 0. The van der Waals surface area contributed by atoms with E-state index >= 15 is 0 Å². The number of nitrogens with two attached hydrogens (primary N) is 1. The van der Waals surface area contributed by atoms with Crippen molar-refractivity contribution < 1.29 is 9.67 Å². The Kier molecular flexibility index (Phi) is 2.09. The molecule has 74 valence electrons. The lowest BCUT2D eigenvalue weighted by molar-refractivity contribution is -0.588. The highest BCUT2D eigenvalue weighted by atomic mass is 16.3. The molecule has 2 rings (SSSR count). The summed E-state index contributed by atoms with van der Waals surface area (Å²) in [5, 5.41) is 8.81. The highest BCUT2D eigenvalue weighted by Crippen LogP contribution is 2.36. The maximum absolute atomic E-state index is 11.3. The van der Waals surface area contributed by atoms with Gasteiger partial charge in [0.1, 0.15) is 6.20 Å². The fourth-order valence-electron chi connectivity index (χ4n) is 1.30. The van der Waals surface area contributed by atoms with Crippen molar-refractivity contribution in [3.8, 4) is 0 Å². The molecule has 1 saturated carbocycles. The minimum absolute atomic E-state index is 0.152. The molecule has 0 aromatic carbocycles. The number of anilines is 1. The monoisotopic (exact) mass is 194 g/mol. The normalized spacial score (nSPS) is 22.6. The van der Waals surface area contributed by atoms with Gasteiger partial charge in [0.25, 0.3) is 0 Å². The van der Waals surface area contributed by atoms with Crippen molar-refractivity contribution in [3.05, 3.63) is 28.3 Å². The van der Waals surface area contributed by atoms with E-state index in [-0.39, 0.29) is 18.2 Å². The van der Waals surface area contributed by atoms with Gasteiger partial charge >= 0.3 is 5.69 Å². The SMILES string of the molecule is Nc1cc[n+](/C=C2/CC2CO)c(=O)[nH]1. The molecule has 1 aliphatic rings. The van der Waals surface area contributed by atoms with Crippen molar-refractivity contribution in [1.82, 2.24) is 4.98 Å². The topological polar surface area (TPSA) is 83.0 Å². The van der Waals surface area contributed by atoms with Crippen LogP contribution in [0.3, 0.4) is 0 Å². The first-order valence-electron chi connectivity index (χ1n) is 4.42. The predicted molar refractivity (Wildman–Crippen MR) is 51.1 cm³/mol. The number of aliphatic hydroxyl groups excluding tert-OH is 1. The zero-order valence-corrected chi connectivity index (χ0v) is 7.60. The molecule has 1 aromatic rings. The molecule has 0 spiro atoms. The fraction of sp³-hybridized carbons (Fsp3) is 0.333. The third-order valence-electron chi connectivity index (χ3n) is 2.27. The molecule has 0 bridgehead atoms. The average Bonchev–Trinajstić information content (AvgIpc) is 2.89. The molecule has 14 heavy (non-hydrogen) atoms. The fourth-order valence-corrected chi connectivity index (χ4v) is 1.30. The molecular formula is C9H12N3O2+. The van der Waals surface area contributed by atoms with Gasteiger partial charge in [0, 0.05) is 12.0 Å². The van der Waals surface area contributed by atoms with Crippen molar-refractivity contribution in [1.29, 1.82) is 0 Å². The van der Waals surface area contributed by atoms with Crippen molar-refractivity contribution in [2.24, 2.45) is 5.92 Å². The minimum Gasteiger partial charge on any atom is -0.396 e. The van der Waals surface area contributed by atoms with Crippen LogP contribution in [0.1, 0.15) is 6.42 Å². The molecular weight excluding hydrogens is 182 g/mol. The maximum Gasteiger partial charge on any atom is 0.502 e. The van der Waals surface area contributed by atoms with Crippen LogP contribution >= 0.6 is 0 Å². The molecule has 1 aromatic heterocycles. The minimum atomic E-state index is -0.263. The molecule has 1 heterocycles. The Hall–Kier alpha value is -1.62. The first-order valence-corrected chi connectivity index (χ1v) is 4.42. The van der Waals surface area contributed by atoms with E-state index in [9.17, 15) is 4.79 Å². The Balaban J connectivity index is 2.27. The van der Waals surface area contributed by atoms with Gasteiger partial charge in [-0.25, -0.2) is 0 Å². The van der Waals surface area contributed by atoms with Crippen molar-refractivity contribution in [3.63, 3.8) is 0 Å². The molecule has 5 nitrogen and oxygen atoms in total. The zero-order chi connectivity index (χ0) is 10.1. The molecule has 0 radical (unpaired) electrons. The van der Waals surface area contributed by atoms with Gasteiger partial charge in [0.2, 0.25) is 0 Å². The van der Waals surface area contributed by atoms with Crippen molar-refractivity contribution in [2.75, 3.05) is 12.3 Å². The van der Waals surface area contributed by atoms with E-state index in [1.807, 2.05) is 0 Å². The average molecular weight is 194 g/mol. The summed E-state index contributed by atoms with van der Waals surface area (Å²) in [6.45, 7) is 0.152. The number of hydrogen-bond donors (Lipinski definition) is 3. The number of hydrogen-bond acceptors (Lipinski definition) is 3. The molecule has 1 atom stereocenters. The van der Waals surface area contributed by atoms with E-state index in [0.29, 0.717) is 5.82 Å². The second-order valence-electron chi connectivity index (χ2n) is 3.40. The van der Waals surface area contributed by atoms with Crippen molar-refractivity contribution in [2.45, 2.75) is 6.42 Å². The van der Waals surface area contributed by atoms with Crippen LogP contribution in [0.4, 0.5) is 5.82 Å². The van der Waals surface area contributed by atoms with E-state index in [4.69, 9.17) is 10.8 Å². The van der Waals surface area contributed by atoms with Gasteiger partial charge in [0.05, 0.1) is 12.8 Å². The van der Waals surface area contributed by atoms with Crippen molar-refractivity contribution >= 4 is 12.0 Å². The molecule has 4 N–H and O–H groups in total. The lowest BCUT2D eigenvalue weighted by Gasteiger charge is -1.89. The quantitative estimate of drug-likeness (QED) is 0.533. The van der Waals surface area contributed by atoms with Gasteiger partial charge in [0.15, 0.2) is 5.82 Å². The van der Waals surface area contributed by atoms with Gasteiger partial charge in [-0.05, 0) is 12.0 Å². The van der Waals surface area contributed by atoms with Gasteiger partial charge < -0.3 is 10.8 Å². The summed E-state index contributed by atoms with van der Waals surface area (Å²) in [5.41, 5.74) is 6.23. The number of nitrogens with one attached hydrogen (secondary N) is 1. The lowest BCUT2D eigenvalue weighted by atomic mass is 10.4. The van der Waals surface area contributed by atoms with Gasteiger partial charge in [-0.3, -0.25) is 0 Å². The molecule has 0 amide bonds. The molecule has 0 saturated heterocycles. The van der Waals surface area contributed by atoms with Gasteiger partial charge in [-0.15, -0.1) is 0 Å². The largest absolute Gasteiger partial charge is 0.502 e. The van der Waals surface area contributed by atoms with Crippen LogP contribution in [0, 0.1) is 5.92 Å².